The Kier molecular flexibility index (Phi) is 5.78. The first-order valence-corrected chi connectivity index (χ1v) is 9.28. The van der Waals surface area contributed by atoms with Crippen LogP contribution in [-0.4, -0.2) is 46.4 Å². The largest absolute Gasteiger partial charge is 0.488 e. The Morgan fingerprint density at radius 1 is 1.15 bits per heavy atom. The van der Waals surface area contributed by atoms with E-state index in [0.717, 1.165) is 5.56 Å². The summed E-state index contributed by atoms with van der Waals surface area (Å²) in [6.45, 7) is 13.9. The van der Waals surface area contributed by atoms with Gasteiger partial charge >= 0.3 is 12.1 Å². The van der Waals surface area contributed by atoms with Gasteiger partial charge in [0.05, 0.1) is 6.54 Å². The lowest BCUT2D eigenvalue weighted by molar-refractivity contribution is -0.142. The Morgan fingerprint density at radius 3 is 2.26 bits per heavy atom. The van der Waals surface area contributed by atoms with E-state index >= 15 is 0 Å². The first kappa shape index (κ1) is 21.1. The number of nitrogens with zero attached hydrogens (tertiary/aromatic N) is 1. The number of carbonyl (C=O) groups excluding carboxylic acids is 1. The molecule has 6 nitrogen and oxygen atoms in total. The zero-order valence-electron chi connectivity index (χ0n) is 17.3. The molecule has 6 heteroatoms. The molecule has 1 aromatic rings. The topological polar surface area (TPSA) is 76.1 Å². The van der Waals surface area contributed by atoms with Crippen molar-refractivity contribution in [2.24, 2.45) is 0 Å². The molecule has 0 saturated carbocycles. The fourth-order valence-corrected chi connectivity index (χ4v) is 3.07. The molecule has 1 N–H and O–H groups in total. The summed E-state index contributed by atoms with van der Waals surface area (Å²) in [6.07, 6.45) is -0.784. The molecule has 0 radical (unpaired) electrons. The van der Waals surface area contributed by atoms with Crippen LogP contribution in [-0.2, 0) is 14.9 Å². The van der Waals surface area contributed by atoms with E-state index < -0.39 is 29.8 Å². The van der Waals surface area contributed by atoms with Crippen LogP contribution >= 0.6 is 0 Å². The van der Waals surface area contributed by atoms with Crippen molar-refractivity contribution < 1.29 is 24.2 Å². The lowest BCUT2D eigenvalue weighted by Crippen LogP contribution is -2.43. The molecule has 0 spiro atoms. The molecule has 2 atom stereocenters. The minimum Gasteiger partial charge on any atom is -0.488 e. The predicted octanol–water partition coefficient (Wildman–Crippen LogP) is 4.13. The second-order valence-corrected chi connectivity index (χ2v) is 9.19. The molecule has 27 heavy (non-hydrogen) atoms. The summed E-state index contributed by atoms with van der Waals surface area (Å²) in [7, 11) is 0. The molecule has 0 aromatic heterocycles. The molecule has 1 amide bonds. The Bertz CT molecular complexity index is 714. The minimum absolute atomic E-state index is 0.0402. The summed E-state index contributed by atoms with van der Waals surface area (Å²) in [6, 6.07) is 5.09. The molecule has 150 valence electrons. The summed E-state index contributed by atoms with van der Waals surface area (Å²) in [5.41, 5.74) is 1.55. The van der Waals surface area contributed by atoms with Crippen LogP contribution in [0, 0.1) is 6.92 Å². The van der Waals surface area contributed by atoms with E-state index in [2.05, 4.69) is 26.8 Å². The van der Waals surface area contributed by atoms with Crippen molar-refractivity contribution >= 4 is 12.1 Å². The molecule has 0 bridgehead atoms. The zero-order chi connectivity index (χ0) is 20.6. The molecular formula is C21H31NO5. The fraction of sp³-hybridized carbons (Fsp3) is 0.619. The summed E-state index contributed by atoms with van der Waals surface area (Å²) in [4.78, 5) is 25.2. The van der Waals surface area contributed by atoms with Crippen molar-refractivity contribution in [2.45, 2.75) is 78.0 Å². The molecule has 1 aliphatic heterocycles. The molecule has 1 heterocycles. The highest BCUT2D eigenvalue weighted by Crippen LogP contribution is 2.30. The molecule has 1 fully saturated rings. The average Bonchev–Trinajstić information content (AvgIpc) is 2.91. The van der Waals surface area contributed by atoms with Gasteiger partial charge in [0.15, 0.2) is 0 Å². The van der Waals surface area contributed by atoms with Gasteiger partial charge in [0.2, 0.25) is 0 Å². The van der Waals surface area contributed by atoms with Crippen molar-refractivity contribution in [2.75, 3.05) is 6.54 Å². The van der Waals surface area contributed by atoms with Crippen LogP contribution in [0.25, 0.3) is 0 Å². The standard InChI is InChI=1S/C21H31NO5/c1-13-10-14(20(2,3)4)8-9-17(13)26-15-11-16(18(23)24)22(12-15)19(25)27-21(5,6)7/h8-10,15-16H,11-12H2,1-7H3,(H,23,24). The van der Waals surface area contributed by atoms with Gasteiger partial charge in [-0.1, -0.05) is 32.9 Å². The monoisotopic (exact) mass is 377 g/mol. The Morgan fingerprint density at radius 2 is 1.78 bits per heavy atom. The van der Waals surface area contributed by atoms with E-state index in [1.165, 1.54) is 10.5 Å². The first-order valence-electron chi connectivity index (χ1n) is 9.28. The van der Waals surface area contributed by atoms with Gasteiger partial charge in [-0.15, -0.1) is 0 Å². The second kappa shape index (κ2) is 7.41. The maximum atomic E-state index is 12.4. The Hall–Kier alpha value is -2.24. The van der Waals surface area contributed by atoms with Gasteiger partial charge in [-0.25, -0.2) is 9.59 Å². The number of carbonyl (C=O) groups is 2. The van der Waals surface area contributed by atoms with Crippen LogP contribution in [0.5, 0.6) is 5.75 Å². The lowest BCUT2D eigenvalue weighted by atomic mass is 9.86. The van der Waals surface area contributed by atoms with Gasteiger partial charge < -0.3 is 14.6 Å². The molecule has 1 saturated heterocycles. The van der Waals surface area contributed by atoms with Gasteiger partial charge in [-0.2, -0.15) is 0 Å². The summed E-state index contributed by atoms with van der Waals surface area (Å²) in [5.74, 6) is -0.338. The predicted molar refractivity (Wildman–Crippen MR) is 103 cm³/mol. The number of benzene rings is 1. The van der Waals surface area contributed by atoms with Gasteiger partial charge in [0.25, 0.3) is 0 Å². The van der Waals surface area contributed by atoms with E-state index in [4.69, 9.17) is 9.47 Å². The Balaban J connectivity index is 2.14. The number of carboxylic acids is 1. The van der Waals surface area contributed by atoms with E-state index in [1.54, 1.807) is 20.8 Å². The number of amides is 1. The van der Waals surface area contributed by atoms with Crippen molar-refractivity contribution in [1.82, 2.24) is 4.90 Å². The second-order valence-electron chi connectivity index (χ2n) is 9.19. The maximum absolute atomic E-state index is 12.4. The number of ether oxygens (including phenoxy) is 2. The quantitative estimate of drug-likeness (QED) is 0.857. The van der Waals surface area contributed by atoms with Gasteiger partial charge in [-0.3, -0.25) is 4.90 Å². The number of aryl methyl sites for hydroxylation is 1. The number of hydrogen-bond donors (Lipinski definition) is 1. The first-order chi connectivity index (χ1) is 12.3. The number of hydrogen-bond acceptors (Lipinski definition) is 4. The van der Waals surface area contributed by atoms with Crippen LogP contribution < -0.4 is 4.74 Å². The van der Waals surface area contributed by atoms with E-state index in [9.17, 15) is 14.7 Å². The normalized spacial score (nSPS) is 20.5. The zero-order valence-corrected chi connectivity index (χ0v) is 17.3. The van der Waals surface area contributed by atoms with Gasteiger partial charge in [0, 0.05) is 6.42 Å². The highest BCUT2D eigenvalue weighted by molar-refractivity contribution is 5.81. The third-order valence-electron chi connectivity index (χ3n) is 4.51. The summed E-state index contributed by atoms with van der Waals surface area (Å²) < 4.78 is 11.4. The highest BCUT2D eigenvalue weighted by Gasteiger charge is 2.42. The highest BCUT2D eigenvalue weighted by atomic mass is 16.6. The number of likely N-dealkylation sites (tertiary alicyclic amines) is 1. The fourth-order valence-electron chi connectivity index (χ4n) is 3.07. The third-order valence-corrected chi connectivity index (χ3v) is 4.51. The Labute approximate surface area is 161 Å². The van der Waals surface area contributed by atoms with Crippen molar-refractivity contribution in [1.29, 1.82) is 0 Å². The van der Waals surface area contributed by atoms with Crippen molar-refractivity contribution in [3.05, 3.63) is 29.3 Å². The van der Waals surface area contributed by atoms with Crippen LogP contribution in [0.15, 0.2) is 18.2 Å². The number of rotatable bonds is 3. The summed E-state index contributed by atoms with van der Waals surface area (Å²) in [5, 5.41) is 9.49. The van der Waals surface area contributed by atoms with E-state index in [1.807, 2.05) is 19.1 Å². The molecule has 1 aromatic carbocycles. The van der Waals surface area contributed by atoms with Crippen LogP contribution in [0.1, 0.15) is 59.1 Å². The molecule has 1 aliphatic rings. The smallest absolute Gasteiger partial charge is 0.411 e. The number of aliphatic carboxylic acids is 1. The lowest BCUT2D eigenvalue weighted by Gasteiger charge is -2.26. The van der Waals surface area contributed by atoms with Crippen LogP contribution in [0.2, 0.25) is 0 Å². The van der Waals surface area contributed by atoms with Crippen molar-refractivity contribution in [3.63, 3.8) is 0 Å². The van der Waals surface area contributed by atoms with Gasteiger partial charge in [-0.05, 0) is 50.3 Å². The average molecular weight is 377 g/mol. The third kappa shape index (κ3) is 5.37. The maximum Gasteiger partial charge on any atom is 0.411 e. The minimum atomic E-state index is -1.05. The molecule has 2 unspecified atom stereocenters. The van der Waals surface area contributed by atoms with E-state index in [-0.39, 0.29) is 18.4 Å². The molecule has 2 rings (SSSR count). The molecular weight excluding hydrogens is 346 g/mol. The summed E-state index contributed by atoms with van der Waals surface area (Å²) >= 11 is 0. The van der Waals surface area contributed by atoms with Gasteiger partial charge in [0.1, 0.15) is 23.5 Å². The SMILES string of the molecule is Cc1cc(C(C)(C)C)ccc1OC1CC(C(=O)O)N(C(=O)OC(C)(C)C)C1. The molecule has 0 aliphatic carbocycles. The number of carboxylic acid groups (broad SMARTS) is 1. The van der Waals surface area contributed by atoms with Crippen LogP contribution in [0.4, 0.5) is 4.79 Å². The van der Waals surface area contributed by atoms with Crippen LogP contribution in [0.3, 0.4) is 0 Å². The van der Waals surface area contributed by atoms with E-state index in [0.29, 0.717) is 5.75 Å². The van der Waals surface area contributed by atoms with Crippen molar-refractivity contribution in [3.8, 4) is 5.75 Å².